The first-order valence-corrected chi connectivity index (χ1v) is 7.16. The normalized spacial score (nSPS) is 23.3. The van der Waals surface area contributed by atoms with E-state index in [9.17, 15) is 0 Å². The third kappa shape index (κ3) is 1.84. The van der Waals surface area contributed by atoms with E-state index in [1.165, 1.54) is 42.5 Å². The van der Waals surface area contributed by atoms with E-state index in [1.54, 1.807) is 0 Å². The Morgan fingerprint density at radius 3 is 2.89 bits per heavy atom. The predicted octanol–water partition coefficient (Wildman–Crippen LogP) is 3.41. The molecule has 0 amide bonds. The Morgan fingerprint density at radius 1 is 1.16 bits per heavy atom. The van der Waals surface area contributed by atoms with Crippen molar-refractivity contribution in [3.05, 3.63) is 36.3 Å². The van der Waals surface area contributed by atoms with Crippen LogP contribution in [-0.2, 0) is 0 Å². The largest absolute Gasteiger partial charge is 0.468 e. The van der Waals surface area contributed by atoms with Crippen LogP contribution in [0.5, 0.6) is 0 Å². The fraction of sp³-hybridized carbons (Fsp3) is 0.438. The van der Waals surface area contributed by atoms with E-state index in [0.717, 1.165) is 18.7 Å². The van der Waals surface area contributed by atoms with E-state index >= 15 is 0 Å². The van der Waals surface area contributed by atoms with Crippen LogP contribution in [-0.4, -0.2) is 30.4 Å². The Kier molecular flexibility index (Phi) is 2.57. The number of hydrogen-bond acceptors (Lipinski definition) is 3. The zero-order chi connectivity index (χ0) is 12.7. The molecule has 2 aliphatic rings. The van der Waals surface area contributed by atoms with Crippen LogP contribution >= 0.6 is 0 Å². The maximum absolute atomic E-state index is 5.82. The van der Waals surface area contributed by atoms with Gasteiger partial charge in [-0.2, -0.15) is 0 Å². The minimum absolute atomic E-state index is 0.426. The number of likely N-dealkylation sites (tertiary alicyclic amines) is 1. The van der Waals surface area contributed by atoms with Gasteiger partial charge in [0.05, 0.1) is 18.6 Å². The Labute approximate surface area is 112 Å². The number of nitrogens with zero attached hydrogens (tertiary/aromatic N) is 2. The van der Waals surface area contributed by atoms with Crippen molar-refractivity contribution in [2.24, 2.45) is 4.99 Å². The molecule has 2 aromatic rings. The molecule has 1 saturated heterocycles. The molecule has 2 aliphatic heterocycles. The summed E-state index contributed by atoms with van der Waals surface area (Å²) in [5.74, 6) is 2.84. The Morgan fingerprint density at radius 2 is 2.00 bits per heavy atom. The SMILES string of the molecule is c1ccc2c(C3CN=C(N4CCCC4)C3)occ2c1. The standard InChI is InChI=1S/C16H18N2O/c1-2-6-14-12(5-1)11-19-16(14)13-9-15(17-10-13)18-7-3-4-8-18/h1-2,5-6,11,13H,3-4,7-10H2. The molecule has 0 N–H and O–H groups in total. The molecule has 3 nitrogen and oxygen atoms in total. The molecule has 4 rings (SSSR count). The number of furan rings is 1. The lowest BCUT2D eigenvalue weighted by atomic mass is 10.0. The highest BCUT2D eigenvalue weighted by Crippen LogP contribution is 2.33. The zero-order valence-corrected chi connectivity index (χ0v) is 11.0. The van der Waals surface area contributed by atoms with E-state index in [4.69, 9.17) is 9.41 Å². The lowest BCUT2D eigenvalue weighted by Gasteiger charge is -2.17. The number of benzene rings is 1. The van der Waals surface area contributed by atoms with Gasteiger partial charge in [0, 0.05) is 36.2 Å². The van der Waals surface area contributed by atoms with E-state index in [0.29, 0.717) is 5.92 Å². The van der Waals surface area contributed by atoms with Crippen LogP contribution in [0.1, 0.15) is 30.9 Å². The van der Waals surface area contributed by atoms with Crippen molar-refractivity contribution in [3.8, 4) is 0 Å². The van der Waals surface area contributed by atoms with Crippen LogP contribution < -0.4 is 0 Å². The van der Waals surface area contributed by atoms with Crippen LogP contribution in [0.4, 0.5) is 0 Å². The summed E-state index contributed by atoms with van der Waals surface area (Å²) >= 11 is 0. The third-order valence-corrected chi connectivity index (χ3v) is 4.30. The highest BCUT2D eigenvalue weighted by Gasteiger charge is 2.28. The van der Waals surface area contributed by atoms with E-state index in [1.807, 2.05) is 6.26 Å². The summed E-state index contributed by atoms with van der Waals surface area (Å²) in [6.45, 7) is 3.25. The summed E-state index contributed by atoms with van der Waals surface area (Å²) in [5, 5.41) is 2.46. The molecule has 0 saturated carbocycles. The zero-order valence-electron chi connectivity index (χ0n) is 11.0. The van der Waals surface area contributed by atoms with Crippen LogP contribution in [0.2, 0.25) is 0 Å². The van der Waals surface area contributed by atoms with Crippen molar-refractivity contribution in [1.29, 1.82) is 0 Å². The first kappa shape index (κ1) is 11.1. The second kappa shape index (κ2) is 4.41. The molecule has 1 aromatic heterocycles. The monoisotopic (exact) mass is 254 g/mol. The van der Waals surface area contributed by atoms with Gasteiger partial charge in [-0.15, -0.1) is 0 Å². The van der Waals surface area contributed by atoms with Crippen LogP contribution in [0.25, 0.3) is 10.8 Å². The average molecular weight is 254 g/mol. The van der Waals surface area contributed by atoms with Crippen LogP contribution in [0.15, 0.2) is 39.9 Å². The lowest BCUT2D eigenvalue weighted by Crippen LogP contribution is -2.26. The number of aliphatic imine (C=N–C) groups is 1. The summed E-state index contributed by atoms with van der Waals surface area (Å²) in [6, 6.07) is 8.41. The van der Waals surface area contributed by atoms with Gasteiger partial charge in [-0.25, -0.2) is 0 Å². The van der Waals surface area contributed by atoms with E-state index < -0.39 is 0 Å². The molecular formula is C16H18N2O. The van der Waals surface area contributed by atoms with Gasteiger partial charge >= 0.3 is 0 Å². The molecule has 0 spiro atoms. The predicted molar refractivity (Wildman–Crippen MR) is 76.7 cm³/mol. The van der Waals surface area contributed by atoms with E-state index in [-0.39, 0.29) is 0 Å². The Balaban J connectivity index is 1.58. The first-order chi connectivity index (χ1) is 9.42. The third-order valence-electron chi connectivity index (χ3n) is 4.30. The minimum Gasteiger partial charge on any atom is -0.468 e. The maximum atomic E-state index is 5.82. The summed E-state index contributed by atoms with van der Waals surface area (Å²) in [5.41, 5.74) is 0. The molecule has 0 aliphatic carbocycles. The van der Waals surface area contributed by atoms with Crippen molar-refractivity contribution in [2.45, 2.75) is 25.2 Å². The second-order valence-electron chi connectivity index (χ2n) is 5.54. The summed E-state index contributed by atoms with van der Waals surface area (Å²) < 4.78 is 5.82. The van der Waals surface area contributed by atoms with Gasteiger partial charge < -0.3 is 9.32 Å². The smallest absolute Gasteiger partial charge is 0.116 e. The maximum Gasteiger partial charge on any atom is 0.116 e. The number of rotatable bonds is 1. The van der Waals surface area contributed by atoms with Gasteiger partial charge in [0.25, 0.3) is 0 Å². The van der Waals surface area contributed by atoms with Gasteiger partial charge in [-0.1, -0.05) is 24.3 Å². The molecule has 3 heterocycles. The highest BCUT2D eigenvalue weighted by molar-refractivity contribution is 5.88. The Hall–Kier alpha value is -1.77. The van der Waals surface area contributed by atoms with Crippen LogP contribution in [0, 0.1) is 0 Å². The molecular weight excluding hydrogens is 236 g/mol. The van der Waals surface area contributed by atoms with Gasteiger partial charge in [0.15, 0.2) is 0 Å². The van der Waals surface area contributed by atoms with E-state index in [2.05, 4.69) is 29.2 Å². The number of fused-ring (bicyclic) bond motifs is 1. The molecule has 1 atom stereocenters. The molecule has 1 unspecified atom stereocenters. The molecule has 1 fully saturated rings. The molecule has 19 heavy (non-hydrogen) atoms. The Bertz CT molecular complexity index is 622. The quantitative estimate of drug-likeness (QED) is 0.780. The summed E-state index contributed by atoms with van der Waals surface area (Å²) in [7, 11) is 0. The minimum atomic E-state index is 0.426. The van der Waals surface area contributed by atoms with Crippen molar-refractivity contribution < 1.29 is 4.42 Å². The number of amidine groups is 1. The van der Waals surface area contributed by atoms with Crippen LogP contribution in [0.3, 0.4) is 0 Å². The van der Waals surface area contributed by atoms with Gasteiger partial charge in [-0.05, 0) is 12.8 Å². The summed E-state index contributed by atoms with van der Waals surface area (Å²) in [6.07, 6.45) is 5.54. The molecule has 0 bridgehead atoms. The fourth-order valence-electron chi connectivity index (χ4n) is 3.28. The van der Waals surface area contributed by atoms with Gasteiger partial charge in [0.1, 0.15) is 5.76 Å². The van der Waals surface area contributed by atoms with Gasteiger partial charge in [-0.3, -0.25) is 4.99 Å². The van der Waals surface area contributed by atoms with Crippen molar-refractivity contribution in [2.75, 3.05) is 19.6 Å². The first-order valence-electron chi connectivity index (χ1n) is 7.16. The topological polar surface area (TPSA) is 28.7 Å². The number of hydrogen-bond donors (Lipinski definition) is 0. The van der Waals surface area contributed by atoms with Crippen molar-refractivity contribution >= 4 is 16.6 Å². The fourth-order valence-corrected chi connectivity index (χ4v) is 3.28. The lowest BCUT2D eigenvalue weighted by molar-refractivity contribution is 0.472. The average Bonchev–Trinajstić information content (AvgIpc) is 3.18. The van der Waals surface area contributed by atoms with Gasteiger partial charge in [0.2, 0.25) is 0 Å². The molecule has 3 heteroatoms. The molecule has 0 radical (unpaired) electrons. The van der Waals surface area contributed by atoms with Crippen molar-refractivity contribution in [1.82, 2.24) is 4.90 Å². The molecule has 1 aromatic carbocycles. The second-order valence-corrected chi connectivity index (χ2v) is 5.54. The highest BCUT2D eigenvalue weighted by atomic mass is 16.3. The molecule has 98 valence electrons. The summed E-state index contributed by atoms with van der Waals surface area (Å²) in [4.78, 5) is 7.19. The van der Waals surface area contributed by atoms with Crippen molar-refractivity contribution in [3.63, 3.8) is 0 Å².